The minimum atomic E-state index is -4.90. The van der Waals surface area contributed by atoms with Crippen molar-refractivity contribution in [2.24, 2.45) is 0 Å². The van der Waals surface area contributed by atoms with E-state index in [1.807, 2.05) is 0 Å². The highest BCUT2D eigenvalue weighted by molar-refractivity contribution is 6.06. The highest BCUT2D eigenvalue weighted by Crippen LogP contribution is 2.46. The highest BCUT2D eigenvalue weighted by Gasteiger charge is 2.58. The Kier molecular flexibility index (Phi) is 6.60. The van der Waals surface area contributed by atoms with Crippen molar-refractivity contribution in [1.29, 1.82) is 0 Å². The standard InChI is InChI=1S/C26H25F3N4O6/c1-30-23(36)31-16-8-9-18-15(13-16)10-11-25(18)22(35)33(24(37)39-25)14-21(34)32-12-4-6-19(32)17-5-2-3-7-20(17)38-26(27,28)29/h2-3,5,7-9,13,19H,4,6,10-12,14H2,1H3,(H2,30,31,36). The van der Waals surface area contributed by atoms with E-state index in [2.05, 4.69) is 15.4 Å². The predicted octanol–water partition coefficient (Wildman–Crippen LogP) is 3.82. The molecule has 2 aliphatic heterocycles. The number of nitrogens with one attached hydrogen (secondary N) is 2. The summed E-state index contributed by atoms with van der Waals surface area (Å²) in [4.78, 5) is 53.4. The van der Waals surface area contributed by atoms with Crippen LogP contribution in [0.4, 0.5) is 28.4 Å². The van der Waals surface area contributed by atoms with E-state index in [4.69, 9.17) is 4.74 Å². The van der Waals surface area contributed by atoms with Crippen LogP contribution in [0.2, 0.25) is 0 Å². The summed E-state index contributed by atoms with van der Waals surface area (Å²) < 4.78 is 48.6. The summed E-state index contributed by atoms with van der Waals surface area (Å²) in [5, 5.41) is 5.09. The van der Waals surface area contributed by atoms with Gasteiger partial charge in [-0.1, -0.05) is 24.3 Å². The summed E-state index contributed by atoms with van der Waals surface area (Å²) in [6, 6.07) is 9.37. The molecule has 39 heavy (non-hydrogen) atoms. The number of aryl methyl sites for hydroxylation is 1. The van der Waals surface area contributed by atoms with Gasteiger partial charge < -0.3 is 25.0 Å². The van der Waals surface area contributed by atoms with Gasteiger partial charge in [0.05, 0.1) is 6.04 Å². The largest absolute Gasteiger partial charge is 0.573 e. The first kappa shape index (κ1) is 26.3. The minimum absolute atomic E-state index is 0.176. The Morgan fingerprint density at radius 1 is 1.18 bits per heavy atom. The number of alkyl halides is 3. The number of anilines is 1. The van der Waals surface area contributed by atoms with Gasteiger partial charge in [-0.15, -0.1) is 13.2 Å². The van der Waals surface area contributed by atoms with Crippen molar-refractivity contribution in [2.75, 3.05) is 25.5 Å². The Bertz CT molecular complexity index is 1350. The zero-order valence-corrected chi connectivity index (χ0v) is 20.8. The third kappa shape index (κ3) is 4.84. The third-order valence-corrected chi connectivity index (χ3v) is 7.21. The number of hydrogen-bond donors (Lipinski definition) is 2. The molecular formula is C26H25F3N4O6. The Balaban J connectivity index is 1.34. The molecule has 2 heterocycles. The van der Waals surface area contributed by atoms with Crippen LogP contribution in [0.15, 0.2) is 42.5 Å². The fourth-order valence-corrected chi connectivity index (χ4v) is 5.51. The van der Waals surface area contributed by atoms with E-state index in [1.165, 1.54) is 30.1 Å². The van der Waals surface area contributed by atoms with Crippen LogP contribution >= 0.6 is 0 Å². The molecule has 2 aromatic carbocycles. The molecule has 10 nitrogen and oxygen atoms in total. The van der Waals surface area contributed by atoms with E-state index >= 15 is 0 Å². The lowest BCUT2D eigenvalue weighted by Crippen LogP contribution is -2.44. The summed E-state index contributed by atoms with van der Waals surface area (Å²) in [5.74, 6) is -1.67. The van der Waals surface area contributed by atoms with Crippen LogP contribution in [0.5, 0.6) is 5.75 Å². The smallest absolute Gasteiger partial charge is 0.427 e. The molecule has 2 unspecified atom stereocenters. The summed E-state index contributed by atoms with van der Waals surface area (Å²) in [6.07, 6.45) is -4.37. The number of urea groups is 1. The van der Waals surface area contributed by atoms with Crippen LogP contribution in [0.1, 0.15) is 42.0 Å². The van der Waals surface area contributed by atoms with Crippen molar-refractivity contribution in [3.05, 3.63) is 59.2 Å². The first-order chi connectivity index (χ1) is 18.5. The lowest BCUT2D eigenvalue weighted by molar-refractivity contribution is -0.275. The number of rotatable bonds is 5. The number of halogens is 3. The Labute approximate surface area is 221 Å². The lowest BCUT2D eigenvalue weighted by Gasteiger charge is -2.28. The second kappa shape index (κ2) is 9.79. The molecule has 1 spiro atoms. The van der Waals surface area contributed by atoms with E-state index in [0.717, 1.165) is 10.5 Å². The number of carbonyl (C=O) groups excluding carboxylic acids is 4. The molecule has 0 aromatic heterocycles. The highest BCUT2D eigenvalue weighted by atomic mass is 19.4. The van der Waals surface area contributed by atoms with E-state index in [9.17, 15) is 32.3 Å². The maximum Gasteiger partial charge on any atom is 0.573 e. The number of para-hydroxylation sites is 1. The average molecular weight is 547 g/mol. The van der Waals surface area contributed by atoms with Gasteiger partial charge in [-0.25, -0.2) is 14.5 Å². The molecule has 0 saturated carbocycles. The van der Waals surface area contributed by atoms with Gasteiger partial charge in [-0.2, -0.15) is 0 Å². The van der Waals surface area contributed by atoms with Crippen molar-refractivity contribution < 1.29 is 41.8 Å². The first-order valence-electron chi connectivity index (χ1n) is 12.3. The van der Waals surface area contributed by atoms with Gasteiger partial charge in [-0.05, 0) is 43.0 Å². The monoisotopic (exact) mass is 546 g/mol. The number of ether oxygens (including phenoxy) is 2. The molecule has 0 bridgehead atoms. The topological polar surface area (TPSA) is 117 Å². The second-order valence-electron chi connectivity index (χ2n) is 9.49. The van der Waals surface area contributed by atoms with Gasteiger partial charge in [0.2, 0.25) is 11.5 Å². The average Bonchev–Trinajstić information content (AvgIpc) is 3.57. The van der Waals surface area contributed by atoms with E-state index in [1.54, 1.807) is 24.3 Å². The molecule has 5 amide bonds. The third-order valence-electron chi connectivity index (χ3n) is 7.21. The van der Waals surface area contributed by atoms with E-state index in [0.29, 0.717) is 30.5 Å². The molecule has 3 aliphatic rings. The van der Waals surface area contributed by atoms with Crippen LogP contribution in [-0.2, 0) is 26.3 Å². The van der Waals surface area contributed by atoms with Crippen molar-refractivity contribution in [2.45, 2.75) is 43.7 Å². The van der Waals surface area contributed by atoms with Crippen LogP contribution in [-0.4, -0.2) is 60.2 Å². The molecule has 0 radical (unpaired) electrons. The van der Waals surface area contributed by atoms with Gasteiger partial charge >= 0.3 is 18.5 Å². The summed E-state index contributed by atoms with van der Waals surface area (Å²) in [6.45, 7) is -0.361. The number of fused-ring (bicyclic) bond motifs is 2. The lowest BCUT2D eigenvalue weighted by atomic mass is 9.94. The SMILES string of the molecule is CNC(=O)Nc1ccc2c(c1)CCC21OC(=O)N(CC(=O)N2CCCC2c2ccccc2OC(F)(F)F)C1=O. The molecule has 13 heteroatoms. The molecule has 2 N–H and O–H groups in total. The molecule has 5 rings (SSSR count). The van der Waals surface area contributed by atoms with Crippen LogP contribution in [0, 0.1) is 0 Å². The van der Waals surface area contributed by atoms with Gasteiger partial charge in [0.15, 0.2) is 0 Å². The Morgan fingerprint density at radius 2 is 1.95 bits per heavy atom. The predicted molar refractivity (Wildman–Crippen MR) is 130 cm³/mol. The molecule has 2 atom stereocenters. The second-order valence-corrected chi connectivity index (χ2v) is 9.49. The van der Waals surface area contributed by atoms with E-state index in [-0.39, 0.29) is 18.5 Å². The zero-order chi connectivity index (χ0) is 27.9. The number of amides is 5. The Hall–Kier alpha value is -4.29. The maximum atomic E-state index is 13.5. The molecule has 1 aliphatic carbocycles. The fourth-order valence-electron chi connectivity index (χ4n) is 5.51. The normalized spacial score (nSPS) is 22.2. The molecule has 2 saturated heterocycles. The van der Waals surface area contributed by atoms with Gasteiger partial charge in [-0.3, -0.25) is 9.59 Å². The Morgan fingerprint density at radius 3 is 2.69 bits per heavy atom. The molecule has 206 valence electrons. The van der Waals surface area contributed by atoms with Crippen molar-refractivity contribution in [1.82, 2.24) is 15.1 Å². The van der Waals surface area contributed by atoms with Crippen LogP contribution < -0.4 is 15.4 Å². The fraction of sp³-hybridized carbons (Fsp3) is 0.385. The van der Waals surface area contributed by atoms with Crippen molar-refractivity contribution >= 4 is 29.6 Å². The van der Waals surface area contributed by atoms with Crippen LogP contribution in [0.25, 0.3) is 0 Å². The van der Waals surface area contributed by atoms with Gasteiger partial charge in [0, 0.05) is 36.8 Å². The zero-order valence-electron chi connectivity index (χ0n) is 20.8. The first-order valence-corrected chi connectivity index (χ1v) is 12.3. The van der Waals surface area contributed by atoms with Gasteiger partial charge in [0.25, 0.3) is 5.91 Å². The molecule has 2 aromatic rings. The number of benzene rings is 2. The number of hydrogen-bond acceptors (Lipinski definition) is 6. The molecule has 2 fully saturated rings. The van der Waals surface area contributed by atoms with E-state index < -0.39 is 54.2 Å². The summed E-state index contributed by atoms with van der Waals surface area (Å²) in [7, 11) is 1.48. The number of imide groups is 1. The quantitative estimate of drug-likeness (QED) is 0.589. The van der Waals surface area contributed by atoms with Gasteiger partial charge in [0.1, 0.15) is 12.3 Å². The molecular weight excluding hydrogens is 521 g/mol. The van der Waals surface area contributed by atoms with Crippen molar-refractivity contribution in [3.8, 4) is 5.75 Å². The summed E-state index contributed by atoms with van der Waals surface area (Å²) >= 11 is 0. The van der Waals surface area contributed by atoms with Crippen LogP contribution in [0.3, 0.4) is 0 Å². The minimum Gasteiger partial charge on any atom is -0.427 e. The number of likely N-dealkylation sites (tertiary alicyclic amines) is 1. The number of carbonyl (C=O) groups is 4. The number of nitrogens with zero attached hydrogens (tertiary/aromatic N) is 2. The van der Waals surface area contributed by atoms with Crippen molar-refractivity contribution in [3.63, 3.8) is 0 Å². The maximum absolute atomic E-state index is 13.5. The summed E-state index contributed by atoms with van der Waals surface area (Å²) in [5.41, 5.74) is 0.326.